The molecular formula is C12H13N3OS2. The fraction of sp³-hybridized carbons (Fsp3) is 0.250. The Labute approximate surface area is 114 Å². The molecule has 1 amide bonds. The van der Waals surface area contributed by atoms with Crippen LogP contribution in [0.2, 0.25) is 0 Å². The average Bonchev–Trinajstić information content (AvgIpc) is 2.69. The van der Waals surface area contributed by atoms with Crippen LogP contribution in [0.1, 0.15) is 12.6 Å². The number of aryl methyl sites for hydroxylation is 1. The standard InChI is InChI=1S/C12H13N3OS2/c1-7-11(18-12(13-7)14-8(2)16)9-5-4-6-10(15-9)17-3/h4-6H,1-3H3,(H,13,14,16). The van der Waals surface area contributed by atoms with E-state index in [0.717, 1.165) is 21.3 Å². The van der Waals surface area contributed by atoms with Crippen LogP contribution >= 0.6 is 23.1 Å². The van der Waals surface area contributed by atoms with E-state index in [1.54, 1.807) is 11.8 Å². The van der Waals surface area contributed by atoms with Crippen molar-refractivity contribution in [1.29, 1.82) is 0 Å². The lowest BCUT2D eigenvalue weighted by atomic mass is 10.3. The highest BCUT2D eigenvalue weighted by atomic mass is 32.2. The van der Waals surface area contributed by atoms with Gasteiger partial charge in [-0.05, 0) is 25.3 Å². The summed E-state index contributed by atoms with van der Waals surface area (Å²) in [7, 11) is 0. The Bertz CT molecular complexity index is 580. The van der Waals surface area contributed by atoms with Gasteiger partial charge in [-0.3, -0.25) is 4.79 Å². The van der Waals surface area contributed by atoms with Gasteiger partial charge in [0, 0.05) is 6.92 Å². The number of hydrogen-bond donors (Lipinski definition) is 1. The number of amides is 1. The number of thiazole rings is 1. The molecule has 0 fully saturated rings. The van der Waals surface area contributed by atoms with Crippen LogP contribution < -0.4 is 5.32 Å². The first-order chi connectivity index (χ1) is 8.60. The van der Waals surface area contributed by atoms with Crippen molar-refractivity contribution in [1.82, 2.24) is 9.97 Å². The second kappa shape index (κ2) is 5.49. The monoisotopic (exact) mass is 279 g/mol. The van der Waals surface area contributed by atoms with Gasteiger partial charge in [0.05, 0.1) is 21.3 Å². The zero-order valence-electron chi connectivity index (χ0n) is 10.4. The van der Waals surface area contributed by atoms with Gasteiger partial charge in [0.2, 0.25) is 5.91 Å². The van der Waals surface area contributed by atoms with Gasteiger partial charge in [-0.15, -0.1) is 11.8 Å². The molecule has 0 atom stereocenters. The minimum absolute atomic E-state index is 0.110. The molecule has 2 rings (SSSR count). The molecule has 4 nitrogen and oxygen atoms in total. The third-order valence-corrected chi connectivity index (χ3v) is 3.99. The van der Waals surface area contributed by atoms with Crippen molar-refractivity contribution in [3.63, 3.8) is 0 Å². The summed E-state index contributed by atoms with van der Waals surface area (Å²) >= 11 is 3.05. The molecule has 6 heteroatoms. The van der Waals surface area contributed by atoms with Crippen LogP contribution in [0.4, 0.5) is 5.13 Å². The van der Waals surface area contributed by atoms with Crippen molar-refractivity contribution in [2.24, 2.45) is 0 Å². The fourth-order valence-corrected chi connectivity index (χ4v) is 2.88. The smallest absolute Gasteiger partial charge is 0.223 e. The molecule has 0 saturated carbocycles. The minimum Gasteiger partial charge on any atom is -0.302 e. The Kier molecular flexibility index (Phi) is 3.98. The van der Waals surface area contributed by atoms with Crippen LogP contribution in [0.25, 0.3) is 10.6 Å². The first-order valence-electron chi connectivity index (χ1n) is 5.36. The van der Waals surface area contributed by atoms with Crippen molar-refractivity contribution in [3.05, 3.63) is 23.9 Å². The summed E-state index contributed by atoms with van der Waals surface area (Å²) in [6.45, 7) is 3.40. The minimum atomic E-state index is -0.110. The Morgan fingerprint density at radius 1 is 1.39 bits per heavy atom. The lowest BCUT2D eigenvalue weighted by molar-refractivity contribution is -0.114. The molecule has 1 N–H and O–H groups in total. The van der Waals surface area contributed by atoms with E-state index in [1.807, 2.05) is 31.4 Å². The van der Waals surface area contributed by atoms with E-state index in [1.165, 1.54) is 18.3 Å². The van der Waals surface area contributed by atoms with E-state index in [0.29, 0.717) is 5.13 Å². The Hall–Kier alpha value is -1.40. The second-order valence-corrected chi connectivity index (χ2v) is 5.51. The second-order valence-electron chi connectivity index (χ2n) is 3.68. The predicted molar refractivity (Wildman–Crippen MR) is 76.2 cm³/mol. The fourth-order valence-electron chi connectivity index (χ4n) is 1.49. The van der Waals surface area contributed by atoms with Crippen molar-refractivity contribution in [2.45, 2.75) is 18.9 Å². The number of anilines is 1. The number of hydrogen-bond acceptors (Lipinski definition) is 5. The molecule has 0 aliphatic rings. The Balaban J connectivity index is 2.37. The molecule has 2 aromatic rings. The summed E-state index contributed by atoms with van der Waals surface area (Å²) in [5.74, 6) is -0.110. The molecule has 0 radical (unpaired) electrons. The van der Waals surface area contributed by atoms with Crippen LogP contribution in [0, 0.1) is 6.92 Å². The third kappa shape index (κ3) is 2.88. The van der Waals surface area contributed by atoms with E-state index in [9.17, 15) is 4.79 Å². The number of pyridine rings is 1. The largest absolute Gasteiger partial charge is 0.302 e. The summed E-state index contributed by atoms with van der Waals surface area (Å²) in [5.41, 5.74) is 1.78. The van der Waals surface area contributed by atoms with Crippen LogP contribution in [-0.2, 0) is 4.79 Å². The van der Waals surface area contributed by atoms with Gasteiger partial charge in [0.1, 0.15) is 0 Å². The summed E-state index contributed by atoms with van der Waals surface area (Å²) in [4.78, 5) is 20.9. The van der Waals surface area contributed by atoms with Crippen LogP contribution in [0.3, 0.4) is 0 Å². The molecule has 0 unspecified atom stereocenters. The van der Waals surface area contributed by atoms with Gasteiger partial charge in [-0.25, -0.2) is 9.97 Å². The average molecular weight is 279 g/mol. The lowest BCUT2D eigenvalue weighted by Crippen LogP contribution is -2.04. The zero-order valence-corrected chi connectivity index (χ0v) is 12.0. The van der Waals surface area contributed by atoms with E-state index in [2.05, 4.69) is 15.3 Å². The zero-order chi connectivity index (χ0) is 13.1. The Morgan fingerprint density at radius 3 is 2.83 bits per heavy atom. The van der Waals surface area contributed by atoms with Crippen molar-refractivity contribution < 1.29 is 4.79 Å². The van der Waals surface area contributed by atoms with Crippen molar-refractivity contribution >= 4 is 34.1 Å². The molecule has 0 aliphatic heterocycles. The van der Waals surface area contributed by atoms with E-state index in [4.69, 9.17) is 0 Å². The molecule has 0 aromatic carbocycles. The molecule has 0 saturated heterocycles. The summed E-state index contributed by atoms with van der Waals surface area (Å²) in [5, 5.41) is 4.29. The first-order valence-corrected chi connectivity index (χ1v) is 7.40. The summed E-state index contributed by atoms with van der Waals surface area (Å²) in [6.07, 6.45) is 1.99. The number of carbonyl (C=O) groups is 1. The maximum atomic E-state index is 11.0. The highest BCUT2D eigenvalue weighted by Crippen LogP contribution is 2.32. The topological polar surface area (TPSA) is 54.9 Å². The quantitative estimate of drug-likeness (QED) is 0.877. The summed E-state index contributed by atoms with van der Waals surface area (Å²) in [6, 6.07) is 5.91. The van der Waals surface area contributed by atoms with Gasteiger partial charge >= 0.3 is 0 Å². The van der Waals surface area contributed by atoms with Crippen molar-refractivity contribution in [2.75, 3.05) is 11.6 Å². The van der Waals surface area contributed by atoms with Gasteiger partial charge in [0.15, 0.2) is 5.13 Å². The number of rotatable bonds is 3. The molecule has 2 aromatic heterocycles. The maximum Gasteiger partial charge on any atom is 0.223 e. The number of carbonyl (C=O) groups excluding carboxylic acids is 1. The number of nitrogens with one attached hydrogen (secondary N) is 1. The van der Waals surface area contributed by atoms with E-state index in [-0.39, 0.29) is 5.91 Å². The molecule has 18 heavy (non-hydrogen) atoms. The van der Waals surface area contributed by atoms with Crippen LogP contribution in [-0.4, -0.2) is 22.1 Å². The molecule has 2 heterocycles. The summed E-state index contributed by atoms with van der Waals surface area (Å²) < 4.78 is 0. The van der Waals surface area contributed by atoms with Crippen molar-refractivity contribution in [3.8, 4) is 10.6 Å². The van der Waals surface area contributed by atoms with Gasteiger partial charge in [-0.1, -0.05) is 17.4 Å². The molecule has 0 spiro atoms. The Morgan fingerprint density at radius 2 is 2.17 bits per heavy atom. The van der Waals surface area contributed by atoms with Crippen LogP contribution in [0.5, 0.6) is 0 Å². The molecule has 0 aliphatic carbocycles. The first kappa shape index (κ1) is 13.0. The third-order valence-electron chi connectivity index (χ3n) is 2.24. The lowest BCUT2D eigenvalue weighted by Gasteiger charge is -2.00. The SMILES string of the molecule is CSc1cccc(-c2sc(NC(C)=O)nc2C)n1. The van der Waals surface area contributed by atoms with E-state index < -0.39 is 0 Å². The number of nitrogens with zero attached hydrogens (tertiary/aromatic N) is 2. The molecule has 94 valence electrons. The van der Waals surface area contributed by atoms with Gasteiger partial charge in [-0.2, -0.15) is 0 Å². The number of thioether (sulfide) groups is 1. The molecule has 0 bridgehead atoms. The maximum absolute atomic E-state index is 11.0. The van der Waals surface area contributed by atoms with E-state index >= 15 is 0 Å². The predicted octanol–water partition coefficient (Wildman–Crippen LogP) is 3.19. The normalized spacial score (nSPS) is 10.4. The number of aromatic nitrogens is 2. The highest BCUT2D eigenvalue weighted by Gasteiger charge is 2.11. The van der Waals surface area contributed by atoms with Crippen LogP contribution in [0.15, 0.2) is 23.2 Å². The van der Waals surface area contributed by atoms with Gasteiger partial charge in [0.25, 0.3) is 0 Å². The highest BCUT2D eigenvalue weighted by molar-refractivity contribution is 7.98. The molecular weight excluding hydrogens is 266 g/mol. The van der Waals surface area contributed by atoms with Gasteiger partial charge < -0.3 is 5.32 Å².